The zero-order chi connectivity index (χ0) is 22.3. The summed E-state index contributed by atoms with van der Waals surface area (Å²) in [5, 5.41) is 5.41. The Morgan fingerprint density at radius 2 is 1.77 bits per heavy atom. The van der Waals surface area contributed by atoms with Crippen molar-refractivity contribution in [2.45, 2.75) is 33.4 Å². The average Bonchev–Trinajstić information content (AvgIpc) is 2.64. The Bertz CT molecular complexity index is 882. The minimum absolute atomic E-state index is 0.0167. The van der Waals surface area contributed by atoms with Gasteiger partial charge in [0.15, 0.2) is 0 Å². The van der Waals surface area contributed by atoms with Crippen LogP contribution in [0.4, 0.5) is 29.3 Å². The molecule has 2 aromatic carbocycles. The third-order valence-corrected chi connectivity index (χ3v) is 4.25. The number of urea groups is 1. The lowest BCUT2D eigenvalue weighted by atomic mass is 10.1. The normalized spacial score (nSPS) is 11.3. The van der Waals surface area contributed by atoms with E-state index in [0.29, 0.717) is 12.1 Å². The lowest BCUT2D eigenvalue weighted by Gasteiger charge is -2.24. The van der Waals surface area contributed by atoms with Crippen LogP contribution in [0.15, 0.2) is 48.5 Å². The van der Waals surface area contributed by atoms with Crippen LogP contribution >= 0.6 is 0 Å². The molecular weight excluding hydrogens is 395 g/mol. The third-order valence-electron chi connectivity index (χ3n) is 4.25. The van der Waals surface area contributed by atoms with Crippen molar-refractivity contribution in [1.82, 2.24) is 5.32 Å². The number of nitrogens with one attached hydrogen (secondary N) is 2. The van der Waals surface area contributed by atoms with Gasteiger partial charge in [-0.05, 0) is 48.7 Å². The lowest BCUT2D eigenvalue weighted by molar-refractivity contribution is -0.137. The van der Waals surface area contributed by atoms with Crippen molar-refractivity contribution >= 4 is 23.3 Å². The second-order valence-corrected chi connectivity index (χ2v) is 7.45. The second kappa shape index (κ2) is 10.1. The number of alkyl halides is 3. The van der Waals surface area contributed by atoms with E-state index in [1.807, 2.05) is 26.8 Å². The molecule has 2 rings (SSSR count). The molecule has 0 atom stereocenters. The Hall–Kier alpha value is -3.03. The van der Waals surface area contributed by atoms with E-state index in [2.05, 4.69) is 10.6 Å². The number of rotatable bonds is 7. The summed E-state index contributed by atoms with van der Waals surface area (Å²) in [6.45, 7) is 5.81. The Balaban J connectivity index is 2.21. The topological polar surface area (TPSA) is 61.4 Å². The zero-order valence-electron chi connectivity index (χ0n) is 17.2. The number of benzene rings is 2. The van der Waals surface area contributed by atoms with Crippen LogP contribution in [-0.4, -0.2) is 25.0 Å². The zero-order valence-corrected chi connectivity index (χ0v) is 17.2. The standard InChI is InChI=1S/C22H26F3N3O2/c1-15(2)12-20(29)26-10-11-28(19-9-5-7-17(14-19)22(23,24)25)21(30)27-18-8-4-6-16(3)13-18/h4-9,13-15H,10-12H2,1-3H3,(H,26,29)(H,27,30). The van der Waals surface area contributed by atoms with E-state index < -0.39 is 17.8 Å². The first kappa shape index (κ1) is 23.3. The molecule has 2 N–H and O–H groups in total. The van der Waals surface area contributed by atoms with E-state index in [-0.39, 0.29) is 30.6 Å². The molecule has 2 aromatic rings. The Morgan fingerprint density at radius 1 is 1.07 bits per heavy atom. The fourth-order valence-corrected chi connectivity index (χ4v) is 2.86. The van der Waals surface area contributed by atoms with Gasteiger partial charge in [-0.3, -0.25) is 9.69 Å². The minimum Gasteiger partial charge on any atom is -0.354 e. The predicted octanol–water partition coefficient (Wildman–Crippen LogP) is 5.21. The SMILES string of the molecule is Cc1cccc(NC(=O)N(CCNC(=O)CC(C)C)c2cccc(C(F)(F)F)c2)c1. The molecule has 0 fully saturated rings. The first-order chi connectivity index (χ1) is 14.1. The van der Waals surface area contributed by atoms with Crippen LogP contribution in [0, 0.1) is 12.8 Å². The number of hydrogen-bond donors (Lipinski definition) is 2. The molecule has 0 spiro atoms. The molecule has 3 amide bonds. The molecule has 0 saturated carbocycles. The van der Waals surface area contributed by atoms with Crippen LogP contribution in [0.25, 0.3) is 0 Å². The Morgan fingerprint density at radius 3 is 2.40 bits per heavy atom. The smallest absolute Gasteiger partial charge is 0.354 e. The number of hydrogen-bond acceptors (Lipinski definition) is 2. The third kappa shape index (κ3) is 7.09. The highest BCUT2D eigenvalue weighted by Crippen LogP contribution is 2.31. The molecule has 0 heterocycles. The molecule has 162 valence electrons. The van der Waals surface area contributed by atoms with E-state index in [4.69, 9.17) is 0 Å². The molecular formula is C22H26F3N3O2. The molecule has 0 saturated heterocycles. The summed E-state index contributed by atoms with van der Waals surface area (Å²) in [5.74, 6) is 0.00211. The van der Waals surface area contributed by atoms with Crippen molar-refractivity contribution in [3.05, 3.63) is 59.7 Å². The maximum atomic E-state index is 13.1. The quantitative estimate of drug-likeness (QED) is 0.644. The summed E-state index contributed by atoms with van der Waals surface area (Å²) in [6.07, 6.45) is -4.20. The van der Waals surface area contributed by atoms with Crippen LogP contribution in [0.3, 0.4) is 0 Å². The Labute approximate surface area is 174 Å². The van der Waals surface area contributed by atoms with E-state index in [1.54, 1.807) is 18.2 Å². The van der Waals surface area contributed by atoms with Gasteiger partial charge >= 0.3 is 12.2 Å². The summed E-state index contributed by atoms with van der Waals surface area (Å²) in [4.78, 5) is 25.9. The van der Waals surface area contributed by atoms with Gasteiger partial charge in [0.1, 0.15) is 0 Å². The van der Waals surface area contributed by atoms with Gasteiger partial charge in [0.2, 0.25) is 5.91 Å². The highest BCUT2D eigenvalue weighted by molar-refractivity contribution is 6.01. The van der Waals surface area contributed by atoms with Crippen LogP contribution in [-0.2, 0) is 11.0 Å². The number of aryl methyl sites for hydroxylation is 1. The summed E-state index contributed by atoms with van der Waals surface area (Å²) >= 11 is 0. The fraction of sp³-hybridized carbons (Fsp3) is 0.364. The number of nitrogens with zero attached hydrogens (tertiary/aromatic N) is 1. The number of carbonyl (C=O) groups excluding carboxylic acids is 2. The molecule has 5 nitrogen and oxygen atoms in total. The number of amides is 3. The van der Waals surface area contributed by atoms with Gasteiger partial charge in [-0.1, -0.05) is 32.0 Å². The van der Waals surface area contributed by atoms with Crippen LogP contribution < -0.4 is 15.5 Å². The van der Waals surface area contributed by atoms with Crippen molar-refractivity contribution < 1.29 is 22.8 Å². The maximum absolute atomic E-state index is 13.1. The average molecular weight is 421 g/mol. The van der Waals surface area contributed by atoms with Gasteiger partial charge < -0.3 is 10.6 Å². The van der Waals surface area contributed by atoms with Gasteiger partial charge in [-0.2, -0.15) is 13.2 Å². The Kier molecular flexibility index (Phi) is 7.86. The van der Waals surface area contributed by atoms with E-state index >= 15 is 0 Å². The maximum Gasteiger partial charge on any atom is 0.416 e. The molecule has 8 heteroatoms. The second-order valence-electron chi connectivity index (χ2n) is 7.45. The van der Waals surface area contributed by atoms with Gasteiger partial charge in [0.25, 0.3) is 0 Å². The number of halogens is 3. The minimum atomic E-state index is -4.53. The predicted molar refractivity (Wildman–Crippen MR) is 111 cm³/mol. The van der Waals surface area contributed by atoms with E-state index in [1.165, 1.54) is 17.0 Å². The monoisotopic (exact) mass is 421 g/mol. The van der Waals surface area contributed by atoms with Crippen molar-refractivity contribution in [3.63, 3.8) is 0 Å². The molecule has 0 aliphatic carbocycles. The van der Waals surface area contributed by atoms with Gasteiger partial charge in [0, 0.05) is 30.9 Å². The van der Waals surface area contributed by atoms with Gasteiger partial charge in [-0.25, -0.2) is 4.79 Å². The fourth-order valence-electron chi connectivity index (χ4n) is 2.86. The number of carbonyl (C=O) groups is 2. The van der Waals surface area contributed by atoms with Crippen molar-refractivity contribution in [2.75, 3.05) is 23.3 Å². The molecule has 0 unspecified atom stereocenters. The summed E-state index contributed by atoms with van der Waals surface area (Å²) in [7, 11) is 0. The number of anilines is 2. The van der Waals surface area contributed by atoms with Crippen LogP contribution in [0.5, 0.6) is 0 Å². The van der Waals surface area contributed by atoms with E-state index in [0.717, 1.165) is 17.7 Å². The van der Waals surface area contributed by atoms with Crippen molar-refractivity contribution in [3.8, 4) is 0 Å². The molecule has 30 heavy (non-hydrogen) atoms. The van der Waals surface area contributed by atoms with Crippen LogP contribution in [0.1, 0.15) is 31.4 Å². The summed E-state index contributed by atoms with van der Waals surface area (Å²) in [5.41, 5.74) is 0.700. The van der Waals surface area contributed by atoms with E-state index in [9.17, 15) is 22.8 Å². The highest BCUT2D eigenvalue weighted by atomic mass is 19.4. The molecule has 0 aromatic heterocycles. The van der Waals surface area contributed by atoms with Crippen molar-refractivity contribution in [2.24, 2.45) is 5.92 Å². The van der Waals surface area contributed by atoms with Gasteiger partial charge in [0.05, 0.1) is 5.56 Å². The highest BCUT2D eigenvalue weighted by Gasteiger charge is 2.31. The lowest BCUT2D eigenvalue weighted by Crippen LogP contribution is -2.41. The van der Waals surface area contributed by atoms with Crippen molar-refractivity contribution in [1.29, 1.82) is 0 Å². The first-order valence-corrected chi connectivity index (χ1v) is 9.65. The first-order valence-electron chi connectivity index (χ1n) is 9.65. The molecule has 0 aliphatic heterocycles. The van der Waals surface area contributed by atoms with Gasteiger partial charge in [-0.15, -0.1) is 0 Å². The summed E-state index contributed by atoms with van der Waals surface area (Å²) < 4.78 is 39.4. The van der Waals surface area contributed by atoms with Crippen LogP contribution in [0.2, 0.25) is 0 Å². The molecule has 0 radical (unpaired) electrons. The largest absolute Gasteiger partial charge is 0.416 e. The summed E-state index contributed by atoms with van der Waals surface area (Å²) in [6, 6.07) is 11.1. The molecule has 0 aliphatic rings. The molecule has 0 bridgehead atoms.